The number of likely N-dealkylation sites (tertiary alicyclic amines) is 2. The Morgan fingerprint density at radius 3 is 2.24 bits per heavy atom. The molecule has 1 aromatic carbocycles. The van der Waals surface area contributed by atoms with Gasteiger partial charge in [0.2, 0.25) is 0 Å². The van der Waals surface area contributed by atoms with E-state index in [1.54, 1.807) is 18.2 Å². The molecule has 3 nitrogen and oxygen atoms in total. The zero-order valence-corrected chi connectivity index (χ0v) is 26.8. The van der Waals surface area contributed by atoms with Crippen molar-refractivity contribution in [2.24, 2.45) is 0 Å². The van der Waals surface area contributed by atoms with E-state index in [2.05, 4.69) is 61.1 Å². The highest BCUT2D eigenvalue weighted by Crippen LogP contribution is 2.37. The largest absolute Gasteiger partial charge is 0.350 e. The van der Waals surface area contributed by atoms with Gasteiger partial charge in [-0.1, -0.05) is 44.7 Å². The number of halogens is 2. The zero-order valence-electron chi connectivity index (χ0n) is 26.8. The summed E-state index contributed by atoms with van der Waals surface area (Å²) in [6.07, 6.45) is 23.8. The molecular formula is C37H55F2N3. The molecule has 3 fully saturated rings. The molecule has 2 heterocycles. The molecule has 2 aliphatic heterocycles. The second-order valence-electron chi connectivity index (χ2n) is 10.8. The number of piperidine rings is 2. The van der Waals surface area contributed by atoms with Crippen LogP contribution in [0.3, 0.4) is 0 Å². The van der Waals surface area contributed by atoms with Crippen LogP contribution < -0.4 is 4.90 Å². The summed E-state index contributed by atoms with van der Waals surface area (Å²) in [6, 6.07) is 5.63. The van der Waals surface area contributed by atoms with Crippen molar-refractivity contribution in [2.45, 2.75) is 91.5 Å². The number of hydrogen-bond donors (Lipinski definition) is 0. The lowest BCUT2D eigenvalue weighted by Gasteiger charge is -2.42. The molecule has 1 unspecified atom stereocenters. The van der Waals surface area contributed by atoms with Crippen molar-refractivity contribution in [1.82, 2.24) is 9.80 Å². The van der Waals surface area contributed by atoms with Crippen LogP contribution in [-0.4, -0.2) is 48.7 Å². The predicted octanol–water partition coefficient (Wildman–Crippen LogP) is 9.74. The SMILES string of the molecule is C#C.C=C(CC)N1CCC(N2CCCCC2)CC1=C.C=CC.CCN(C(C/C=C\CF)=C1CC1)c1ccc(F)cc1C. The molecule has 1 aromatic rings. The van der Waals surface area contributed by atoms with Crippen LogP contribution in [0.25, 0.3) is 0 Å². The van der Waals surface area contributed by atoms with Crippen LogP contribution in [0.15, 0.2) is 78.8 Å². The van der Waals surface area contributed by atoms with Gasteiger partial charge in [-0.3, -0.25) is 4.90 Å². The molecular weight excluding hydrogens is 524 g/mol. The Morgan fingerprint density at radius 1 is 1.10 bits per heavy atom. The first-order valence-corrected chi connectivity index (χ1v) is 15.5. The van der Waals surface area contributed by atoms with Crippen LogP contribution in [0, 0.1) is 25.6 Å². The van der Waals surface area contributed by atoms with Crippen LogP contribution in [0.5, 0.6) is 0 Å². The molecule has 0 bridgehead atoms. The van der Waals surface area contributed by atoms with E-state index in [9.17, 15) is 8.78 Å². The summed E-state index contributed by atoms with van der Waals surface area (Å²) in [4.78, 5) is 7.24. The fourth-order valence-corrected chi connectivity index (χ4v) is 5.57. The van der Waals surface area contributed by atoms with Gasteiger partial charge in [0.15, 0.2) is 0 Å². The smallest absolute Gasteiger partial charge is 0.123 e. The topological polar surface area (TPSA) is 9.72 Å². The van der Waals surface area contributed by atoms with Crippen molar-refractivity contribution in [3.63, 3.8) is 0 Å². The maximum Gasteiger partial charge on any atom is 0.123 e. The van der Waals surface area contributed by atoms with Gasteiger partial charge in [-0.25, -0.2) is 8.78 Å². The molecule has 3 aliphatic rings. The van der Waals surface area contributed by atoms with Gasteiger partial charge in [0.05, 0.1) is 0 Å². The van der Waals surface area contributed by atoms with Crippen molar-refractivity contribution >= 4 is 5.69 Å². The highest BCUT2D eigenvalue weighted by atomic mass is 19.1. The third-order valence-corrected chi connectivity index (χ3v) is 7.80. The van der Waals surface area contributed by atoms with Crippen LogP contribution >= 0.6 is 0 Å². The van der Waals surface area contributed by atoms with Crippen molar-refractivity contribution in [1.29, 1.82) is 0 Å². The maximum atomic E-state index is 13.3. The first kappa shape index (κ1) is 36.9. The monoisotopic (exact) mass is 579 g/mol. The van der Waals surface area contributed by atoms with Crippen molar-refractivity contribution in [2.75, 3.05) is 37.8 Å². The summed E-state index contributed by atoms with van der Waals surface area (Å²) in [5.74, 6) is -0.208. The number of anilines is 1. The van der Waals surface area contributed by atoms with Crippen molar-refractivity contribution in [3.8, 4) is 12.8 Å². The number of alkyl halides is 1. The van der Waals surface area contributed by atoms with Crippen molar-refractivity contribution < 1.29 is 8.78 Å². The Balaban J connectivity index is 0.000000368. The molecule has 4 rings (SSSR count). The zero-order chi connectivity index (χ0) is 31.5. The van der Waals surface area contributed by atoms with E-state index in [0.717, 1.165) is 62.5 Å². The van der Waals surface area contributed by atoms with Gasteiger partial charge in [-0.2, -0.15) is 0 Å². The second-order valence-corrected chi connectivity index (χ2v) is 10.8. The fraction of sp³-hybridized carbons (Fsp3) is 0.514. The van der Waals surface area contributed by atoms with Crippen LogP contribution in [0.1, 0.15) is 84.1 Å². The third kappa shape index (κ3) is 12.0. The summed E-state index contributed by atoms with van der Waals surface area (Å²) in [7, 11) is 0. The number of allylic oxidation sites excluding steroid dienone is 5. The minimum absolute atomic E-state index is 0.208. The van der Waals surface area contributed by atoms with Crippen LogP contribution in [-0.2, 0) is 0 Å². The molecule has 2 saturated heterocycles. The molecule has 5 heteroatoms. The summed E-state index contributed by atoms with van der Waals surface area (Å²) in [5.41, 5.74) is 7.15. The minimum atomic E-state index is -0.426. The molecule has 42 heavy (non-hydrogen) atoms. The third-order valence-electron chi connectivity index (χ3n) is 7.80. The number of benzene rings is 1. The Morgan fingerprint density at radius 2 is 1.74 bits per heavy atom. The fourth-order valence-electron chi connectivity index (χ4n) is 5.57. The van der Waals surface area contributed by atoms with E-state index in [-0.39, 0.29) is 5.82 Å². The predicted molar refractivity (Wildman–Crippen MR) is 180 cm³/mol. The highest BCUT2D eigenvalue weighted by molar-refractivity contribution is 5.59. The molecule has 0 aromatic heterocycles. The molecule has 1 aliphatic carbocycles. The average molecular weight is 580 g/mol. The van der Waals surface area contributed by atoms with E-state index in [0.29, 0.717) is 0 Å². The van der Waals surface area contributed by atoms with E-state index >= 15 is 0 Å². The quantitative estimate of drug-likeness (QED) is 0.213. The summed E-state index contributed by atoms with van der Waals surface area (Å²) in [5, 5.41) is 0. The van der Waals surface area contributed by atoms with E-state index in [1.807, 2.05) is 26.0 Å². The lowest BCUT2D eigenvalue weighted by molar-refractivity contribution is 0.124. The van der Waals surface area contributed by atoms with Gasteiger partial charge in [-0.15, -0.1) is 19.4 Å². The van der Waals surface area contributed by atoms with Gasteiger partial charge in [-0.05, 0) is 102 Å². The van der Waals surface area contributed by atoms with E-state index in [1.165, 1.54) is 67.5 Å². The first-order chi connectivity index (χ1) is 20.3. The molecule has 0 radical (unpaired) electrons. The maximum absolute atomic E-state index is 13.3. The van der Waals surface area contributed by atoms with Crippen LogP contribution in [0.2, 0.25) is 0 Å². The summed E-state index contributed by atoms with van der Waals surface area (Å²) < 4.78 is 25.5. The lowest BCUT2D eigenvalue weighted by Crippen LogP contribution is -2.45. The van der Waals surface area contributed by atoms with E-state index < -0.39 is 6.67 Å². The molecule has 1 atom stereocenters. The lowest BCUT2D eigenvalue weighted by atomic mass is 9.97. The van der Waals surface area contributed by atoms with Crippen LogP contribution in [0.4, 0.5) is 14.5 Å². The molecule has 1 saturated carbocycles. The number of rotatable bonds is 9. The second kappa shape index (κ2) is 20.7. The molecule has 0 amide bonds. The van der Waals surface area contributed by atoms with Crippen molar-refractivity contribution in [3.05, 3.63) is 90.2 Å². The van der Waals surface area contributed by atoms with Gasteiger partial charge in [0.1, 0.15) is 12.5 Å². The summed E-state index contributed by atoms with van der Waals surface area (Å²) in [6.45, 7) is 23.9. The first-order valence-electron chi connectivity index (χ1n) is 15.5. The normalized spacial score (nSPS) is 18.0. The van der Waals surface area contributed by atoms with Gasteiger partial charge < -0.3 is 9.80 Å². The Hall–Kier alpha value is -3.10. The number of hydrogen-bond acceptors (Lipinski definition) is 3. The van der Waals surface area contributed by atoms with Gasteiger partial charge in [0, 0.05) is 54.8 Å². The number of aryl methyl sites for hydroxylation is 1. The molecule has 0 spiro atoms. The van der Waals surface area contributed by atoms with Gasteiger partial charge in [0.25, 0.3) is 0 Å². The summed E-state index contributed by atoms with van der Waals surface area (Å²) >= 11 is 0. The number of terminal acetylenes is 1. The molecule has 0 N–H and O–H groups in total. The van der Waals surface area contributed by atoms with E-state index in [4.69, 9.17) is 0 Å². The molecule has 232 valence electrons. The number of nitrogens with zero attached hydrogens (tertiary/aromatic N) is 3. The minimum Gasteiger partial charge on any atom is -0.350 e. The highest BCUT2D eigenvalue weighted by Gasteiger charge is 2.28. The van der Waals surface area contributed by atoms with Gasteiger partial charge >= 0.3 is 0 Å². The average Bonchev–Trinajstić information content (AvgIpc) is 3.85. The Kier molecular flexibility index (Phi) is 18.2. The standard InChI is InChI=1S/C17H21F2N.C15H26N2.C3H6.C2H2/c1-3-20(16-10-9-15(19)12-13(16)2)17(14-7-8-14)6-4-5-11-18;1-4-13(2)17-11-8-15(12-14(17)3)16-9-6-5-7-10-16;1-3-2;1-2/h4-5,9-10,12H,3,6-8,11H2,1-2H3;15H,2-12H2,1H3;3H,1H2,2H3;1-2H/b5-4-;;;. The Bertz CT molecular complexity index is 1060. The Labute approximate surface area is 256 Å².